The van der Waals surface area contributed by atoms with Crippen molar-refractivity contribution in [1.29, 1.82) is 0 Å². The van der Waals surface area contributed by atoms with Crippen LogP contribution in [0.5, 0.6) is 5.75 Å². The first-order valence-corrected chi connectivity index (χ1v) is 10.0. The molecular weight excluding hydrogens is 389 g/mol. The predicted octanol–water partition coefficient (Wildman–Crippen LogP) is 5.67. The number of fused-ring (bicyclic) bond motifs is 1. The highest BCUT2D eigenvalue weighted by atomic mass is 19.4. The van der Waals surface area contributed by atoms with Crippen molar-refractivity contribution in [2.24, 2.45) is 0 Å². The second kappa shape index (κ2) is 8.88. The van der Waals surface area contributed by atoms with Crippen LogP contribution in [0.25, 0.3) is 0 Å². The van der Waals surface area contributed by atoms with Gasteiger partial charge in [-0.1, -0.05) is 30.3 Å². The molecule has 2 aromatic carbocycles. The Labute approximate surface area is 174 Å². The van der Waals surface area contributed by atoms with Gasteiger partial charge in [0.25, 0.3) is 0 Å². The number of nitrogens with zero attached hydrogens (tertiary/aromatic N) is 2. The van der Waals surface area contributed by atoms with Gasteiger partial charge in [0.05, 0.1) is 12.2 Å². The molecule has 3 aromatic rings. The van der Waals surface area contributed by atoms with Gasteiger partial charge in [0.15, 0.2) is 0 Å². The lowest BCUT2D eigenvalue weighted by molar-refractivity contribution is -0.137. The Kier molecular flexibility index (Phi) is 6.04. The van der Waals surface area contributed by atoms with Gasteiger partial charge in [0.1, 0.15) is 5.75 Å². The van der Waals surface area contributed by atoms with Crippen molar-refractivity contribution in [2.45, 2.75) is 31.6 Å². The summed E-state index contributed by atoms with van der Waals surface area (Å²) in [7, 11) is 0. The van der Waals surface area contributed by atoms with Gasteiger partial charge in [0, 0.05) is 31.5 Å². The van der Waals surface area contributed by atoms with E-state index in [1.807, 2.05) is 12.3 Å². The molecule has 0 saturated heterocycles. The summed E-state index contributed by atoms with van der Waals surface area (Å²) in [5, 5.41) is 0. The van der Waals surface area contributed by atoms with Crippen LogP contribution in [0, 0.1) is 0 Å². The molecule has 0 amide bonds. The zero-order valence-corrected chi connectivity index (χ0v) is 16.5. The van der Waals surface area contributed by atoms with Crippen LogP contribution in [0.15, 0.2) is 73.1 Å². The van der Waals surface area contributed by atoms with Gasteiger partial charge in [0.2, 0.25) is 0 Å². The zero-order chi connectivity index (χ0) is 21.0. The molecule has 0 saturated carbocycles. The van der Waals surface area contributed by atoms with Crippen LogP contribution >= 0.6 is 0 Å². The molecule has 0 fully saturated rings. The first-order chi connectivity index (χ1) is 14.5. The number of aromatic nitrogens is 1. The van der Waals surface area contributed by atoms with Crippen molar-refractivity contribution >= 4 is 0 Å². The lowest BCUT2D eigenvalue weighted by Gasteiger charge is -2.37. The Morgan fingerprint density at radius 3 is 2.43 bits per heavy atom. The van der Waals surface area contributed by atoms with Gasteiger partial charge in [-0.2, -0.15) is 13.2 Å². The summed E-state index contributed by atoms with van der Waals surface area (Å²) < 4.78 is 43.7. The Morgan fingerprint density at radius 1 is 0.967 bits per heavy atom. The van der Waals surface area contributed by atoms with Gasteiger partial charge in [-0.05, 0) is 59.9 Å². The number of hydrogen-bond donors (Lipinski definition) is 0. The molecular formula is C24H23F3N2O. The van der Waals surface area contributed by atoms with Crippen molar-refractivity contribution in [3.8, 4) is 5.75 Å². The third-order valence-corrected chi connectivity index (χ3v) is 5.46. The third-order valence-electron chi connectivity index (χ3n) is 5.46. The fourth-order valence-electron chi connectivity index (χ4n) is 3.91. The van der Waals surface area contributed by atoms with Crippen molar-refractivity contribution < 1.29 is 17.9 Å². The number of alkyl halides is 3. The van der Waals surface area contributed by atoms with E-state index < -0.39 is 11.7 Å². The molecule has 0 bridgehead atoms. The molecule has 6 heteroatoms. The molecule has 2 heterocycles. The summed E-state index contributed by atoms with van der Waals surface area (Å²) >= 11 is 0. The normalized spacial score (nSPS) is 16.8. The van der Waals surface area contributed by atoms with E-state index in [0.717, 1.165) is 38.1 Å². The topological polar surface area (TPSA) is 25.4 Å². The second-order valence-electron chi connectivity index (χ2n) is 7.47. The average Bonchev–Trinajstić information content (AvgIpc) is 2.76. The smallest absolute Gasteiger partial charge is 0.416 e. The van der Waals surface area contributed by atoms with E-state index in [-0.39, 0.29) is 6.04 Å². The van der Waals surface area contributed by atoms with Gasteiger partial charge in [-0.15, -0.1) is 0 Å². The minimum Gasteiger partial charge on any atom is -0.494 e. The predicted molar refractivity (Wildman–Crippen MR) is 109 cm³/mol. The number of hydrogen-bond acceptors (Lipinski definition) is 3. The highest BCUT2D eigenvalue weighted by molar-refractivity contribution is 5.33. The summed E-state index contributed by atoms with van der Waals surface area (Å²) in [4.78, 5) is 6.71. The molecule has 0 spiro atoms. The van der Waals surface area contributed by atoms with Crippen molar-refractivity contribution in [3.05, 3.63) is 95.3 Å². The molecule has 0 radical (unpaired) electrons. The van der Waals surface area contributed by atoms with Gasteiger partial charge in [-0.3, -0.25) is 9.88 Å². The maximum atomic E-state index is 12.7. The van der Waals surface area contributed by atoms with Crippen LogP contribution in [-0.4, -0.2) is 23.0 Å². The molecule has 3 nitrogen and oxygen atoms in total. The Hall–Kier alpha value is -2.86. The van der Waals surface area contributed by atoms with E-state index >= 15 is 0 Å². The quantitative estimate of drug-likeness (QED) is 0.488. The first kappa shape index (κ1) is 20.4. The number of halogens is 3. The van der Waals surface area contributed by atoms with E-state index in [0.29, 0.717) is 12.4 Å². The number of ether oxygens (including phenoxy) is 1. The lowest BCUT2D eigenvalue weighted by atomic mass is 9.90. The van der Waals surface area contributed by atoms with E-state index in [4.69, 9.17) is 4.74 Å². The van der Waals surface area contributed by atoms with Crippen molar-refractivity contribution in [3.63, 3.8) is 0 Å². The molecule has 0 aliphatic carbocycles. The maximum absolute atomic E-state index is 12.7. The largest absolute Gasteiger partial charge is 0.494 e. The van der Waals surface area contributed by atoms with E-state index in [9.17, 15) is 13.2 Å². The second-order valence-corrected chi connectivity index (χ2v) is 7.47. The van der Waals surface area contributed by atoms with Crippen LogP contribution in [0.2, 0.25) is 0 Å². The van der Waals surface area contributed by atoms with Crippen molar-refractivity contribution in [2.75, 3.05) is 13.2 Å². The highest BCUT2D eigenvalue weighted by Crippen LogP contribution is 2.33. The number of rotatable bonds is 6. The zero-order valence-electron chi connectivity index (χ0n) is 16.5. The van der Waals surface area contributed by atoms with Gasteiger partial charge < -0.3 is 4.74 Å². The Balaban J connectivity index is 1.37. The molecule has 1 atom stereocenters. The average molecular weight is 412 g/mol. The summed E-state index contributed by atoms with van der Waals surface area (Å²) in [6.45, 7) is 2.13. The summed E-state index contributed by atoms with van der Waals surface area (Å²) in [5.41, 5.74) is 3.22. The maximum Gasteiger partial charge on any atom is 0.416 e. The van der Waals surface area contributed by atoms with Crippen LogP contribution in [0.4, 0.5) is 13.2 Å². The monoisotopic (exact) mass is 412 g/mol. The van der Waals surface area contributed by atoms with Crippen LogP contribution in [0.3, 0.4) is 0 Å². The summed E-state index contributed by atoms with van der Waals surface area (Å²) in [6, 6.07) is 17.7. The van der Waals surface area contributed by atoms with Crippen LogP contribution < -0.4 is 4.74 Å². The van der Waals surface area contributed by atoms with Crippen LogP contribution in [0.1, 0.15) is 34.7 Å². The lowest BCUT2D eigenvalue weighted by Crippen LogP contribution is -2.35. The molecule has 156 valence electrons. The number of benzene rings is 2. The first-order valence-electron chi connectivity index (χ1n) is 10.0. The molecule has 1 aliphatic rings. The Bertz CT molecular complexity index is 958. The summed E-state index contributed by atoms with van der Waals surface area (Å²) in [5.74, 6) is 0.454. The Morgan fingerprint density at radius 2 is 1.73 bits per heavy atom. The van der Waals surface area contributed by atoms with E-state index in [2.05, 4.69) is 40.2 Å². The van der Waals surface area contributed by atoms with Gasteiger partial charge >= 0.3 is 6.18 Å². The van der Waals surface area contributed by atoms with E-state index in [1.54, 1.807) is 6.20 Å². The number of pyridine rings is 1. The summed E-state index contributed by atoms with van der Waals surface area (Å²) in [6.07, 6.45) is 1.08. The molecule has 0 N–H and O–H groups in total. The highest BCUT2D eigenvalue weighted by Gasteiger charge is 2.30. The van der Waals surface area contributed by atoms with Crippen LogP contribution in [-0.2, 0) is 19.1 Å². The van der Waals surface area contributed by atoms with Gasteiger partial charge in [-0.25, -0.2) is 0 Å². The fourth-order valence-corrected chi connectivity index (χ4v) is 3.91. The minimum absolute atomic E-state index is 0.250. The van der Waals surface area contributed by atoms with Crippen molar-refractivity contribution in [1.82, 2.24) is 9.88 Å². The third kappa shape index (κ3) is 4.82. The fraction of sp³-hybridized carbons (Fsp3) is 0.292. The molecule has 1 aliphatic heterocycles. The molecule has 1 unspecified atom stereocenters. The minimum atomic E-state index is -4.33. The van der Waals surface area contributed by atoms with E-state index in [1.165, 1.54) is 28.8 Å². The molecule has 1 aromatic heterocycles. The standard InChI is InChI=1S/C24H23F3N2O/c25-24(26,27)21-8-10-22(11-9-21)30-14-4-13-29-17-20-6-2-1-5-18(20)15-23(29)19-7-3-12-28-16-19/h1-3,5-12,16,23H,4,13-15,17H2. The molecule has 4 rings (SSSR count). The SMILES string of the molecule is FC(F)(F)c1ccc(OCCCN2Cc3ccccc3CC2c2cccnc2)cc1. The molecule has 30 heavy (non-hydrogen) atoms.